The number of hydrogen-bond acceptors (Lipinski definition) is 0. The second-order valence-electron chi connectivity index (χ2n) is 5.90. The standard InChI is InChI=1S/C19H20/c1-5-13(2)14-10-11-18-16(12-14)15-8-6-7-9-17(15)19(18,3)4/h5-12H,1-4H3/b13-5+. The summed E-state index contributed by atoms with van der Waals surface area (Å²) in [4.78, 5) is 0. The number of hydrogen-bond donors (Lipinski definition) is 0. The van der Waals surface area contributed by atoms with Gasteiger partial charge in [0.1, 0.15) is 0 Å². The molecule has 0 bridgehead atoms. The van der Waals surface area contributed by atoms with Gasteiger partial charge in [0.15, 0.2) is 0 Å². The summed E-state index contributed by atoms with van der Waals surface area (Å²) in [6.45, 7) is 8.91. The maximum Gasteiger partial charge on any atom is 0.0158 e. The molecule has 0 amide bonds. The quantitative estimate of drug-likeness (QED) is 0.632. The number of fused-ring (bicyclic) bond motifs is 3. The van der Waals surface area contributed by atoms with Crippen LogP contribution in [0.5, 0.6) is 0 Å². The average molecular weight is 248 g/mol. The van der Waals surface area contributed by atoms with Crippen LogP contribution in [-0.4, -0.2) is 0 Å². The predicted octanol–water partition coefficient (Wildman–Crippen LogP) is 5.42. The molecule has 0 saturated heterocycles. The van der Waals surface area contributed by atoms with Gasteiger partial charge in [-0.05, 0) is 53.3 Å². The summed E-state index contributed by atoms with van der Waals surface area (Å²) < 4.78 is 0. The third-order valence-corrected chi connectivity index (χ3v) is 4.47. The molecule has 1 aliphatic carbocycles. The van der Waals surface area contributed by atoms with Crippen LogP contribution in [0.1, 0.15) is 44.4 Å². The van der Waals surface area contributed by atoms with E-state index in [-0.39, 0.29) is 5.41 Å². The minimum atomic E-state index is 0.119. The first-order valence-electron chi connectivity index (χ1n) is 6.93. The van der Waals surface area contributed by atoms with E-state index < -0.39 is 0 Å². The second-order valence-corrected chi connectivity index (χ2v) is 5.90. The predicted molar refractivity (Wildman–Crippen MR) is 83.3 cm³/mol. The van der Waals surface area contributed by atoms with Gasteiger partial charge < -0.3 is 0 Å². The molecule has 1 aliphatic rings. The lowest BCUT2D eigenvalue weighted by Crippen LogP contribution is -2.14. The first-order chi connectivity index (χ1) is 9.05. The van der Waals surface area contributed by atoms with Gasteiger partial charge >= 0.3 is 0 Å². The van der Waals surface area contributed by atoms with Gasteiger partial charge in [-0.3, -0.25) is 0 Å². The summed E-state index contributed by atoms with van der Waals surface area (Å²) in [6.07, 6.45) is 2.17. The first-order valence-corrected chi connectivity index (χ1v) is 6.93. The average Bonchev–Trinajstić information content (AvgIpc) is 2.67. The van der Waals surface area contributed by atoms with E-state index in [4.69, 9.17) is 0 Å². The minimum Gasteiger partial charge on any atom is -0.0841 e. The van der Waals surface area contributed by atoms with Crippen molar-refractivity contribution in [1.29, 1.82) is 0 Å². The molecule has 0 aromatic heterocycles. The summed E-state index contributed by atoms with van der Waals surface area (Å²) in [6, 6.07) is 15.7. The van der Waals surface area contributed by atoms with Crippen molar-refractivity contribution in [2.24, 2.45) is 0 Å². The monoisotopic (exact) mass is 248 g/mol. The third-order valence-electron chi connectivity index (χ3n) is 4.47. The van der Waals surface area contributed by atoms with Crippen molar-refractivity contribution in [3.8, 4) is 11.1 Å². The summed E-state index contributed by atoms with van der Waals surface area (Å²) in [5, 5.41) is 0. The lowest BCUT2D eigenvalue weighted by atomic mass is 9.82. The normalized spacial score (nSPS) is 16.1. The van der Waals surface area contributed by atoms with Crippen LogP contribution in [-0.2, 0) is 5.41 Å². The fraction of sp³-hybridized carbons (Fsp3) is 0.263. The zero-order valence-electron chi connectivity index (χ0n) is 12.1. The van der Waals surface area contributed by atoms with Gasteiger partial charge in [0.2, 0.25) is 0 Å². The Kier molecular flexibility index (Phi) is 2.63. The number of benzene rings is 2. The van der Waals surface area contributed by atoms with E-state index in [1.165, 1.54) is 33.4 Å². The fourth-order valence-electron chi connectivity index (χ4n) is 3.13. The van der Waals surface area contributed by atoms with Gasteiger partial charge in [-0.2, -0.15) is 0 Å². The molecule has 0 radical (unpaired) electrons. The molecule has 0 saturated carbocycles. The highest BCUT2D eigenvalue weighted by molar-refractivity contribution is 5.83. The van der Waals surface area contributed by atoms with E-state index in [0.29, 0.717) is 0 Å². The van der Waals surface area contributed by atoms with Gasteiger partial charge in [-0.15, -0.1) is 0 Å². The topological polar surface area (TPSA) is 0 Å². The highest BCUT2D eigenvalue weighted by atomic mass is 14.4. The molecule has 0 atom stereocenters. The Morgan fingerprint density at radius 2 is 1.63 bits per heavy atom. The van der Waals surface area contributed by atoms with Crippen molar-refractivity contribution < 1.29 is 0 Å². The molecule has 19 heavy (non-hydrogen) atoms. The van der Waals surface area contributed by atoms with Crippen molar-refractivity contribution in [2.45, 2.75) is 33.1 Å². The van der Waals surface area contributed by atoms with Crippen LogP contribution in [0.25, 0.3) is 16.7 Å². The highest BCUT2D eigenvalue weighted by Crippen LogP contribution is 2.48. The molecule has 2 aromatic carbocycles. The van der Waals surface area contributed by atoms with Crippen LogP contribution in [0.4, 0.5) is 0 Å². The van der Waals surface area contributed by atoms with Crippen LogP contribution in [0.15, 0.2) is 48.5 Å². The summed E-state index contributed by atoms with van der Waals surface area (Å²) in [5.74, 6) is 0. The van der Waals surface area contributed by atoms with Crippen LogP contribution < -0.4 is 0 Å². The molecule has 0 heteroatoms. The van der Waals surface area contributed by atoms with Crippen LogP contribution >= 0.6 is 0 Å². The maximum atomic E-state index is 2.35. The lowest BCUT2D eigenvalue weighted by molar-refractivity contribution is 0.660. The van der Waals surface area contributed by atoms with Crippen molar-refractivity contribution in [3.63, 3.8) is 0 Å². The van der Waals surface area contributed by atoms with Crippen molar-refractivity contribution in [1.82, 2.24) is 0 Å². The van der Waals surface area contributed by atoms with E-state index >= 15 is 0 Å². The van der Waals surface area contributed by atoms with E-state index in [0.717, 1.165) is 0 Å². The van der Waals surface area contributed by atoms with Crippen LogP contribution in [0.3, 0.4) is 0 Å². The Hall–Kier alpha value is -1.82. The Bertz CT molecular complexity index is 672. The molecule has 0 N–H and O–H groups in total. The molecule has 2 aromatic rings. The summed E-state index contributed by atoms with van der Waals surface area (Å²) in [7, 11) is 0. The summed E-state index contributed by atoms with van der Waals surface area (Å²) >= 11 is 0. The molecule has 3 rings (SSSR count). The van der Waals surface area contributed by atoms with Gasteiger partial charge in [-0.1, -0.05) is 56.3 Å². The SMILES string of the molecule is C/C=C(\C)c1ccc2c(c1)-c1ccccc1C2(C)C. The molecule has 0 aliphatic heterocycles. The number of rotatable bonds is 1. The smallest absolute Gasteiger partial charge is 0.0158 e. The molecule has 0 heterocycles. The van der Waals surface area contributed by atoms with E-state index in [2.05, 4.69) is 76.2 Å². The van der Waals surface area contributed by atoms with Crippen molar-refractivity contribution >= 4 is 5.57 Å². The molecular formula is C19H20. The number of allylic oxidation sites excluding steroid dienone is 2. The van der Waals surface area contributed by atoms with Gasteiger partial charge in [0.05, 0.1) is 0 Å². The van der Waals surface area contributed by atoms with Crippen LogP contribution in [0.2, 0.25) is 0 Å². The van der Waals surface area contributed by atoms with Gasteiger partial charge in [0.25, 0.3) is 0 Å². The van der Waals surface area contributed by atoms with E-state index in [9.17, 15) is 0 Å². The van der Waals surface area contributed by atoms with E-state index in [1.807, 2.05) is 0 Å². The molecule has 0 unspecified atom stereocenters. The van der Waals surface area contributed by atoms with Crippen LogP contribution in [0, 0.1) is 0 Å². The summed E-state index contributed by atoms with van der Waals surface area (Å²) in [5.41, 5.74) is 8.47. The van der Waals surface area contributed by atoms with Gasteiger partial charge in [-0.25, -0.2) is 0 Å². The molecule has 96 valence electrons. The van der Waals surface area contributed by atoms with Crippen molar-refractivity contribution in [2.75, 3.05) is 0 Å². The second kappa shape index (κ2) is 4.09. The maximum absolute atomic E-state index is 2.35. The first kappa shape index (κ1) is 12.2. The Balaban J connectivity index is 2.29. The van der Waals surface area contributed by atoms with E-state index in [1.54, 1.807) is 0 Å². The molecule has 0 spiro atoms. The molecule has 0 fully saturated rings. The Labute approximate surface area is 115 Å². The zero-order chi connectivity index (χ0) is 13.6. The largest absolute Gasteiger partial charge is 0.0841 e. The van der Waals surface area contributed by atoms with Gasteiger partial charge in [0, 0.05) is 5.41 Å². The fourth-order valence-corrected chi connectivity index (χ4v) is 3.13. The van der Waals surface area contributed by atoms with Crippen molar-refractivity contribution in [3.05, 3.63) is 65.2 Å². The zero-order valence-corrected chi connectivity index (χ0v) is 12.1. The molecular weight excluding hydrogens is 228 g/mol. The third kappa shape index (κ3) is 1.67. The Morgan fingerprint density at radius 3 is 2.37 bits per heavy atom. The Morgan fingerprint density at radius 1 is 0.947 bits per heavy atom. The molecule has 0 nitrogen and oxygen atoms in total. The highest BCUT2D eigenvalue weighted by Gasteiger charge is 2.34. The minimum absolute atomic E-state index is 0.119. The lowest BCUT2D eigenvalue weighted by Gasteiger charge is -2.21.